The topological polar surface area (TPSA) is 78.9 Å². The van der Waals surface area contributed by atoms with Crippen LogP contribution in [0.5, 0.6) is 0 Å². The van der Waals surface area contributed by atoms with Gasteiger partial charge in [-0.1, -0.05) is 18.2 Å². The highest BCUT2D eigenvalue weighted by atomic mass is 15.2. The first kappa shape index (κ1) is 12.0. The SMILES string of the molecule is N=C(N)CCN(c1ccccc1)c1ccncn1. The van der Waals surface area contributed by atoms with E-state index in [1.807, 2.05) is 41.3 Å². The molecule has 1 aromatic heterocycles. The van der Waals surface area contributed by atoms with Crippen molar-refractivity contribution in [2.75, 3.05) is 11.4 Å². The lowest BCUT2D eigenvalue weighted by Gasteiger charge is -2.23. The Hall–Kier alpha value is -2.43. The van der Waals surface area contributed by atoms with Crippen molar-refractivity contribution >= 4 is 17.3 Å². The van der Waals surface area contributed by atoms with E-state index >= 15 is 0 Å². The van der Waals surface area contributed by atoms with Gasteiger partial charge in [0.15, 0.2) is 0 Å². The first-order chi connectivity index (χ1) is 8.77. The fourth-order valence-electron chi connectivity index (χ4n) is 1.66. The first-order valence-corrected chi connectivity index (χ1v) is 5.69. The van der Waals surface area contributed by atoms with Gasteiger partial charge in [0.05, 0.1) is 5.84 Å². The summed E-state index contributed by atoms with van der Waals surface area (Å²) < 4.78 is 0. The number of hydrogen-bond acceptors (Lipinski definition) is 4. The number of anilines is 2. The Morgan fingerprint density at radius 3 is 2.61 bits per heavy atom. The normalized spacial score (nSPS) is 10.0. The van der Waals surface area contributed by atoms with Crippen LogP contribution in [0, 0.1) is 5.41 Å². The minimum absolute atomic E-state index is 0.171. The van der Waals surface area contributed by atoms with Crippen LogP contribution in [0.1, 0.15) is 6.42 Å². The van der Waals surface area contributed by atoms with Crippen molar-refractivity contribution < 1.29 is 0 Å². The van der Waals surface area contributed by atoms with Gasteiger partial charge in [-0.2, -0.15) is 0 Å². The largest absolute Gasteiger partial charge is 0.388 e. The lowest BCUT2D eigenvalue weighted by molar-refractivity contribution is 0.925. The number of benzene rings is 1. The third kappa shape index (κ3) is 3.04. The fourth-order valence-corrected chi connectivity index (χ4v) is 1.66. The van der Waals surface area contributed by atoms with Crippen LogP contribution in [0.4, 0.5) is 11.5 Å². The fraction of sp³-hybridized carbons (Fsp3) is 0.154. The summed E-state index contributed by atoms with van der Waals surface area (Å²) in [6.07, 6.45) is 3.71. The van der Waals surface area contributed by atoms with Crippen LogP contribution in [-0.4, -0.2) is 22.3 Å². The molecule has 18 heavy (non-hydrogen) atoms. The second kappa shape index (κ2) is 5.77. The summed E-state index contributed by atoms with van der Waals surface area (Å²) in [6, 6.07) is 11.7. The number of hydrogen-bond donors (Lipinski definition) is 2. The lowest BCUT2D eigenvalue weighted by atomic mass is 10.2. The quantitative estimate of drug-likeness (QED) is 0.619. The molecule has 0 amide bonds. The van der Waals surface area contributed by atoms with Gasteiger partial charge in [-0.15, -0.1) is 0 Å². The van der Waals surface area contributed by atoms with Gasteiger partial charge in [0, 0.05) is 24.8 Å². The second-order valence-electron chi connectivity index (χ2n) is 3.83. The van der Waals surface area contributed by atoms with Gasteiger partial charge in [0.25, 0.3) is 0 Å². The Morgan fingerprint density at radius 1 is 1.22 bits per heavy atom. The molecule has 0 bridgehead atoms. The van der Waals surface area contributed by atoms with E-state index in [4.69, 9.17) is 11.1 Å². The van der Waals surface area contributed by atoms with E-state index in [1.165, 1.54) is 6.33 Å². The average molecular weight is 241 g/mol. The molecule has 0 saturated carbocycles. The van der Waals surface area contributed by atoms with Gasteiger partial charge < -0.3 is 10.6 Å². The Balaban J connectivity index is 2.26. The van der Waals surface area contributed by atoms with Crippen molar-refractivity contribution in [2.45, 2.75) is 6.42 Å². The van der Waals surface area contributed by atoms with E-state index in [-0.39, 0.29) is 5.84 Å². The molecule has 5 heteroatoms. The van der Waals surface area contributed by atoms with Crippen LogP contribution in [0.15, 0.2) is 48.9 Å². The van der Waals surface area contributed by atoms with Gasteiger partial charge in [-0.05, 0) is 18.2 Å². The van der Waals surface area contributed by atoms with Crippen molar-refractivity contribution in [3.8, 4) is 0 Å². The highest BCUT2D eigenvalue weighted by molar-refractivity contribution is 5.78. The van der Waals surface area contributed by atoms with Crippen molar-refractivity contribution in [3.05, 3.63) is 48.9 Å². The zero-order chi connectivity index (χ0) is 12.8. The molecule has 0 atom stereocenters. The monoisotopic (exact) mass is 241 g/mol. The molecular formula is C13H15N5. The maximum Gasteiger partial charge on any atom is 0.136 e. The molecular weight excluding hydrogens is 226 g/mol. The van der Waals surface area contributed by atoms with Gasteiger partial charge >= 0.3 is 0 Å². The van der Waals surface area contributed by atoms with Gasteiger partial charge in [0.2, 0.25) is 0 Å². The maximum absolute atomic E-state index is 7.33. The van der Waals surface area contributed by atoms with Gasteiger partial charge in [0.1, 0.15) is 12.1 Å². The predicted octanol–water partition coefficient (Wildman–Crippen LogP) is 1.94. The number of amidine groups is 1. The van der Waals surface area contributed by atoms with E-state index < -0.39 is 0 Å². The number of nitrogens with two attached hydrogens (primary N) is 1. The minimum atomic E-state index is 0.171. The number of aromatic nitrogens is 2. The molecule has 2 aromatic rings. The van der Waals surface area contributed by atoms with Crippen LogP contribution < -0.4 is 10.6 Å². The minimum Gasteiger partial charge on any atom is -0.388 e. The average Bonchev–Trinajstić information content (AvgIpc) is 2.41. The summed E-state index contributed by atoms with van der Waals surface area (Å²) in [5.74, 6) is 0.974. The Morgan fingerprint density at radius 2 is 2.00 bits per heavy atom. The molecule has 0 spiro atoms. The summed E-state index contributed by atoms with van der Waals surface area (Å²) in [5, 5.41) is 7.33. The van der Waals surface area contributed by atoms with E-state index in [9.17, 15) is 0 Å². The summed E-state index contributed by atoms with van der Waals surface area (Å²) in [7, 11) is 0. The van der Waals surface area contributed by atoms with E-state index in [1.54, 1.807) is 6.20 Å². The zero-order valence-electron chi connectivity index (χ0n) is 9.95. The number of para-hydroxylation sites is 1. The summed E-state index contributed by atoms with van der Waals surface area (Å²) in [4.78, 5) is 10.2. The molecule has 0 aliphatic rings. The van der Waals surface area contributed by atoms with E-state index in [2.05, 4.69) is 9.97 Å². The molecule has 0 aliphatic carbocycles. The third-order valence-corrected chi connectivity index (χ3v) is 2.52. The number of nitrogens with one attached hydrogen (secondary N) is 1. The van der Waals surface area contributed by atoms with E-state index in [0.717, 1.165) is 11.5 Å². The zero-order valence-corrected chi connectivity index (χ0v) is 9.95. The van der Waals surface area contributed by atoms with Gasteiger partial charge in [-0.3, -0.25) is 5.41 Å². The van der Waals surface area contributed by atoms with Crippen molar-refractivity contribution in [2.24, 2.45) is 5.73 Å². The van der Waals surface area contributed by atoms with Crippen LogP contribution >= 0.6 is 0 Å². The molecule has 1 heterocycles. The highest BCUT2D eigenvalue weighted by Gasteiger charge is 2.10. The molecule has 0 fully saturated rings. The van der Waals surface area contributed by atoms with Crippen LogP contribution in [0.25, 0.3) is 0 Å². The standard InChI is InChI=1S/C13H15N5/c14-12(15)7-9-18(11-4-2-1-3-5-11)13-6-8-16-10-17-13/h1-6,8,10H,7,9H2,(H3,14,15). The third-order valence-electron chi connectivity index (χ3n) is 2.52. The Kier molecular flexibility index (Phi) is 3.86. The Bertz CT molecular complexity index is 458. The molecule has 0 aliphatic heterocycles. The molecule has 2 rings (SSSR count). The van der Waals surface area contributed by atoms with Crippen LogP contribution in [0.2, 0.25) is 0 Å². The lowest BCUT2D eigenvalue weighted by Crippen LogP contribution is -2.24. The molecule has 0 saturated heterocycles. The van der Waals surface area contributed by atoms with Gasteiger partial charge in [-0.25, -0.2) is 9.97 Å². The highest BCUT2D eigenvalue weighted by Crippen LogP contribution is 2.22. The van der Waals surface area contributed by atoms with Crippen molar-refractivity contribution in [1.29, 1.82) is 5.41 Å². The molecule has 92 valence electrons. The smallest absolute Gasteiger partial charge is 0.136 e. The van der Waals surface area contributed by atoms with Crippen LogP contribution in [-0.2, 0) is 0 Å². The first-order valence-electron chi connectivity index (χ1n) is 5.69. The second-order valence-corrected chi connectivity index (χ2v) is 3.83. The molecule has 0 radical (unpaired) electrons. The molecule has 5 nitrogen and oxygen atoms in total. The molecule has 0 unspecified atom stereocenters. The summed E-state index contributed by atoms with van der Waals surface area (Å²) in [5.41, 5.74) is 6.45. The van der Waals surface area contributed by atoms with Crippen LogP contribution in [0.3, 0.4) is 0 Å². The summed E-state index contributed by atoms with van der Waals surface area (Å²) >= 11 is 0. The van der Waals surface area contributed by atoms with Crippen molar-refractivity contribution in [3.63, 3.8) is 0 Å². The predicted molar refractivity (Wildman–Crippen MR) is 72.0 cm³/mol. The Labute approximate surface area is 106 Å². The molecule has 1 aromatic carbocycles. The van der Waals surface area contributed by atoms with Crippen molar-refractivity contribution in [1.82, 2.24) is 9.97 Å². The molecule has 3 N–H and O–H groups in total. The number of rotatable bonds is 5. The number of nitrogens with zero attached hydrogens (tertiary/aromatic N) is 3. The van der Waals surface area contributed by atoms with E-state index in [0.29, 0.717) is 13.0 Å². The summed E-state index contributed by atoms with van der Waals surface area (Å²) in [6.45, 7) is 0.621. The maximum atomic E-state index is 7.33.